The first-order valence-corrected chi connectivity index (χ1v) is 10.0. The van der Waals surface area contributed by atoms with Crippen molar-refractivity contribution in [2.75, 3.05) is 18.4 Å². The molecular formula is C18H21N5O5S. The molecule has 3 rings (SSSR count). The molecule has 0 radical (unpaired) electrons. The first-order valence-electron chi connectivity index (χ1n) is 8.57. The number of aromatic nitrogens is 1. The van der Waals surface area contributed by atoms with E-state index in [1.807, 2.05) is 0 Å². The second kappa shape index (κ2) is 7.59. The van der Waals surface area contributed by atoms with E-state index < -0.39 is 15.7 Å². The lowest BCUT2D eigenvalue weighted by molar-refractivity contribution is 0.0880. The number of nitrogens with two attached hydrogens (primary N) is 1. The molecule has 0 saturated heterocycles. The number of benzene rings is 1. The summed E-state index contributed by atoms with van der Waals surface area (Å²) in [6.45, 7) is 3.68. The van der Waals surface area contributed by atoms with Gasteiger partial charge >= 0.3 is 10.2 Å². The summed E-state index contributed by atoms with van der Waals surface area (Å²) in [7, 11) is -2.40. The van der Waals surface area contributed by atoms with Gasteiger partial charge in [0.2, 0.25) is 5.88 Å². The average Bonchev–Trinajstić information content (AvgIpc) is 2.64. The molecule has 1 aromatic heterocycles. The fraction of sp³-hybridized carbons (Fsp3) is 0.278. The number of hydrogen-bond donors (Lipinski definition) is 3. The zero-order chi connectivity index (χ0) is 21.2. The Morgan fingerprint density at radius 1 is 1.31 bits per heavy atom. The van der Waals surface area contributed by atoms with Crippen molar-refractivity contribution in [2.24, 2.45) is 10.1 Å². The minimum absolute atomic E-state index is 0.0947. The predicted molar refractivity (Wildman–Crippen MR) is 108 cm³/mol. The molecule has 1 aliphatic heterocycles. The van der Waals surface area contributed by atoms with Crippen LogP contribution in [-0.4, -0.2) is 44.4 Å². The highest BCUT2D eigenvalue weighted by Crippen LogP contribution is 2.30. The topological polar surface area (TPSA) is 145 Å². The van der Waals surface area contributed by atoms with Crippen LogP contribution in [0.25, 0.3) is 0 Å². The molecule has 0 unspecified atom stereocenters. The molecule has 4 N–H and O–H groups in total. The molecule has 154 valence electrons. The van der Waals surface area contributed by atoms with E-state index in [1.54, 1.807) is 38.1 Å². The molecule has 1 aromatic carbocycles. The van der Waals surface area contributed by atoms with E-state index >= 15 is 0 Å². The Bertz CT molecular complexity index is 1080. The van der Waals surface area contributed by atoms with Gasteiger partial charge in [0, 0.05) is 17.8 Å². The fourth-order valence-electron chi connectivity index (χ4n) is 2.67. The molecule has 2 aromatic rings. The molecular weight excluding hydrogens is 398 g/mol. The van der Waals surface area contributed by atoms with Gasteiger partial charge in [0.05, 0.1) is 23.9 Å². The maximum absolute atomic E-state index is 12.5. The molecule has 0 fully saturated rings. The smallest absolute Gasteiger partial charge is 0.344 e. The van der Waals surface area contributed by atoms with Crippen LogP contribution in [0.5, 0.6) is 11.6 Å². The van der Waals surface area contributed by atoms with E-state index in [0.29, 0.717) is 22.8 Å². The van der Waals surface area contributed by atoms with E-state index in [9.17, 15) is 13.2 Å². The summed E-state index contributed by atoms with van der Waals surface area (Å²) in [6, 6.07) is 7.94. The van der Waals surface area contributed by atoms with Gasteiger partial charge in [-0.2, -0.15) is 8.42 Å². The normalized spacial score (nSPS) is 14.8. The quantitative estimate of drug-likeness (QED) is 0.634. The molecule has 2 heterocycles. The molecule has 1 amide bonds. The number of rotatable bonds is 6. The number of fused-ring (bicyclic) bond motifs is 1. The van der Waals surface area contributed by atoms with Crippen molar-refractivity contribution in [3.8, 4) is 11.6 Å². The van der Waals surface area contributed by atoms with E-state index in [2.05, 4.69) is 19.4 Å². The van der Waals surface area contributed by atoms with Crippen molar-refractivity contribution in [1.29, 1.82) is 0 Å². The molecule has 0 atom stereocenters. The zero-order valence-electron chi connectivity index (χ0n) is 16.1. The van der Waals surface area contributed by atoms with Crippen LogP contribution in [0.1, 0.15) is 29.8 Å². The first kappa shape index (κ1) is 20.4. The number of carbonyl (C=O) groups is 1. The van der Waals surface area contributed by atoms with E-state index in [4.69, 9.17) is 15.2 Å². The maximum atomic E-state index is 12.5. The SMILES string of the molecule is COc1cc(C(=O)NC(C)(C)COc2cccc3c2C(N)=NS(=O)(=O)N3)ccn1. The molecule has 0 spiro atoms. The Hall–Kier alpha value is -3.34. The summed E-state index contributed by atoms with van der Waals surface area (Å²) in [6.07, 6.45) is 1.48. The molecule has 11 heteroatoms. The predicted octanol–water partition coefficient (Wildman–Crippen LogP) is 1.05. The summed E-state index contributed by atoms with van der Waals surface area (Å²) < 4.78 is 40.0. The Balaban J connectivity index is 1.73. The van der Waals surface area contributed by atoms with Gasteiger partial charge in [-0.1, -0.05) is 6.07 Å². The van der Waals surface area contributed by atoms with Gasteiger partial charge < -0.3 is 20.5 Å². The Morgan fingerprint density at radius 3 is 2.79 bits per heavy atom. The van der Waals surface area contributed by atoms with Crippen LogP contribution in [0, 0.1) is 0 Å². The average molecular weight is 419 g/mol. The van der Waals surface area contributed by atoms with Crippen molar-refractivity contribution in [3.63, 3.8) is 0 Å². The van der Waals surface area contributed by atoms with Gasteiger partial charge in [-0.15, -0.1) is 4.40 Å². The van der Waals surface area contributed by atoms with Crippen LogP contribution in [0.4, 0.5) is 5.69 Å². The number of nitrogens with one attached hydrogen (secondary N) is 2. The fourth-order valence-corrected chi connectivity index (χ4v) is 3.52. The summed E-state index contributed by atoms with van der Waals surface area (Å²) in [4.78, 5) is 16.5. The van der Waals surface area contributed by atoms with Crippen LogP contribution >= 0.6 is 0 Å². The Labute approximate surface area is 168 Å². The summed E-state index contributed by atoms with van der Waals surface area (Å²) >= 11 is 0. The first-order chi connectivity index (χ1) is 13.6. The third-order valence-corrected chi connectivity index (χ3v) is 4.90. The number of carbonyl (C=O) groups excluding carboxylic acids is 1. The highest BCUT2D eigenvalue weighted by atomic mass is 32.2. The number of amidine groups is 1. The molecule has 0 aliphatic carbocycles. The summed E-state index contributed by atoms with van der Waals surface area (Å²) in [5.74, 6) is 0.196. The third kappa shape index (κ3) is 4.74. The van der Waals surface area contributed by atoms with Crippen LogP contribution in [0.3, 0.4) is 0 Å². The number of pyridine rings is 1. The number of amides is 1. The Kier molecular flexibility index (Phi) is 5.33. The summed E-state index contributed by atoms with van der Waals surface area (Å²) in [5, 5.41) is 2.88. The van der Waals surface area contributed by atoms with E-state index in [-0.39, 0.29) is 24.0 Å². The van der Waals surface area contributed by atoms with Gasteiger partial charge in [0.1, 0.15) is 12.4 Å². The van der Waals surface area contributed by atoms with Gasteiger partial charge in [0.25, 0.3) is 5.91 Å². The van der Waals surface area contributed by atoms with Gasteiger partial charge in [-0.3, -0.25) is 9.52 Å². The number of nitrogens with zero attached hydrogens (tertiary/aromatic N) is 2. The lowest BCUT2D eigenvalue weighted by Gasteiger charge is -2.27. The monoisotopic (exact) mass is 419 g/mol. The van der Waals surface area contributed by atoms with Gasteiger partial charge in [-0.25, -0.2) is 4.98 Å². The number of ether oxygens (including phenoxy) is 2. The lowest BCUT2D eigenvalue weighted by atomic mass is 10.1. The molecule has 1 aliphatic rings. The molecule has 0 saturated carbocycles. The Morgan fingerprint density at radius 2 is 2.07 bits per heavy atom. The molecule has 10 nitrogen and oxygen atoms in total. The third-order valence-electron chi connectivity index (χ3n) is 3.99. The van der Waals surface area contributed by atoms with E-state index in [1.165, 1.54) is 19.4 Å². The van der Waals surface area contributed by atoms with Crippen molar-refractivity contribution in [1.82, 2.24) is 10.3 Å². The molecule has 29 heavy (non-hydrogen) atoms. The largest absolute Gasteiger partial charge is 0.490 e. The second-order valence-corrected chi connectivity index (χ2v) is 8.28. The van der Waals surface area contributed by atoms with Gasteiger partial charge in [-0.05, 0) is 32.0 Å². The highest BCUT2D eigenvalue weighted by molar-refractivity contribution is 7.91. The summed E-state index contributed by atoms with van der Waals surface area (Å²) in [5.41, 5.74) is 6.08. The van der Waals surface area contributed by atoms with Gasteiger partial charge in [0.15, 0.2) is 5.84 Å². The highest BCUT2D eigenvalue weighted by Gasteiger charge is 2.27. The van der Waals surface area contributed by atoms with Crippen LogP contribution in [-0.2, 0) is 10.2 Å². The lowest BCUT2D eigenvalue weighted by Crippen LogP contribution is -2.48. The van der Waals surface area contributed by atoms with Crippen LogP contribution in [0.15, 0.2) is 40.9 Å². The molecule has 0 bridgehead atoms. The van der Waals surface area contributed by atoms with Crippen LogP contribution < -0.4 is 25.2 Å². The van der Waals surface area contributed by atoms with Crippen LogP contribution in [0.2, 0.25) is 0 Å². The van der Waals surface area contributed by atoms with Crippen molar-refractivity contribution < 1.29 is 22.7 Å². The minimum atomic E-state index is -3.87. The number of hydrogen-bond acceptors (Lipinski definition) is 7. The maximum Gasteiger partial charge on any atom is 0.344 e. The second-order valence-electron chi connectivity index (χ2n) is 6.95. The van der Waals surface area contributed by atoms with Crippen molar-refractivity contribution in [3.05, 3.63) is 47.7 Å². The zero-order valence-corrected chi connectivity index (χ0v) is 16.9. The van der Waals surface area contributed by atoms with Crippen molar-refractivity contribution in [2.45, 2.75) is 19.4 Å². The standard InChI is InChI=1S/C18H21N5O5S/c1-18(2,21-17(24)11-7-8-20-14(9-11)27-3)10-28-13-6-4-5-12-15(13)16(19)23-29(25,26)22-12/h4-9,22H,10H2,1-3H3,(H2,19,23)(H,21,24). The number of methoxy groups -OCH3 is 1. The van der Waals surface area contributed by atoms with Crippen molar-refractivity contribution >= 4 is 27.6 Å². The van der Waals surface area contributed by atoms with E-state index in [0.717, 1.165) is 0 Å². The minimum Gasteiger partial charge on any atom is -0.490 e. The number of anilines is 1.